The minimum absolute atomic E-state index is 0.837. The largest absolute Gasteiger partial charge is 0.278 e. The Morgan fingerprint density at radius 1 is 0.938 bits per heavy atom. The highest BCUT2D eigenvalue weighted by atomic mass is 35.7. The number of halogens is 2. The van der Waals surface area contributed by atoms with Crippen molar-refractivity contribution in [3.63, 3.8) is 0 Å². The Kier molecular flexibility index (Phi) is 7.18. The van der Waals surface area contributed by atoms with Crippen molar-refractivity contribution in [1.29, 1.82) is 0 Å². The number of hydrogen-bond acceptors (Lipinski definition) is 0. The Hall–Kier alpha value is 0.0169. The first-order valence-corrected chi connectivity index (χ1v) is 9.70. The third-order valence-electron chi connectivity index (χ3n) is 2.68. The van der Waals surface area contributed by atoms with Crippen molar-refractivity contribution in [2.24, 2.45) is 0 Å². The first kappa shape index (κ1) is 14.1. The summed E-state index contributed by atoms with van der Waals surface area (Å²) < 4.78 is 0. The van der Waals surface area contributed by atoms with Gasteiger partial charge >= 0.3 is 0 Å². The molecular weight excluding hydrogens is 255 g/mol. The Balaban J connectivity index is 2.33. The predicted molar refractivity (Wildman–Crippen MR) is 75.5 cm³/mol. The highest BCUT2D eigenvalue weighted by Crippen LogP contribution is 2.12. The van der Waals surface area contributed by atoms with E-state index in [1.165, 1.54) is 43.2 Å². The molecule has 0 saturated heterocycles. The van der Waals surface area contributed by atoms with Crippen LogP contribution < -0.4 is 0 Å². The molecule has 0 aliphatic rings. The van der Waals surface area contributed by atoms with Crippen molar-refractivity contribution in [3.05, 3.63) is 35.4 Å². The van der Waals surface area contributed by atoms with Crippen LogP contribution in [0.1, 0.15) is 43.7 Å². The van der Waals surface area contributed by atoms with E-state index in [1.54, 1.807) is 0 Å². The van der Waals surface area contributed by atoms with Gasteiger partial charge in [0, 0.05) is 0 Å². The van der Waals surface area contributed by atoms with Crippen LogP contribution >= 0.6 is 22.2 Å². The van der Waals surface area contributed by atoms with E-state index in [4.69, 9.17) is 22.2 Å². The number of hydrogen-bond donors (Lipinski definition) is 0. The molecule has 16 heavy (non-hydrogen) atoms. The average molecular weight is 274 g/mol. The maximum Gasteiger partial charge on any atom is 0.278 e. The van der Waals surface area contributed by atoms with Crippen molar-refractivity contribution >= 4 is 29.6 Å². The van der Waals surface area contributed by atoms with E-state index in [2.05, 4.69) is 31.2 Å². The molecule has 1 aromatic carbocycles. The van der Waals surface area contributed by atoms with Gasteiger partial charge in [-0.3, -0.25) is 0 Å². The van der Waals surface area contributed by atoms with Gasteiger partial charge < -0.3 is 0 Å². The van der Waals surface area contributed by atoms with Gasteiger partial charge in [0.2, 0.25) is 0 Å². The molecule has 0 fully saturated rings. The van der Waals surface area contributed by atoms with Gasteiger partial charge in [-0.2, -0.15) is 0 Å². The standard InChI is InChI=1S/C13H19Cl2Si/c1-2-3-4-5-6-12-7-9-13(10-8-12)11-16(14)15/h7-10H,2-6,11H2,1H3. The summed E-state index contributed by atoms with van der Waals surface area (Å²) in [4.78, 5) is 0. The lowest BCUT2D eigenvalue weighted by Gasteiger charge is -2.04. The fourth-order valence-corrected chi connectivity index (χ4v) is 3.20. The van der Waals surface area contributed by atoms with E-state index in [9.17, 15) is 0 Å². The second kappa shape index (κ2) is 8.16. The summed E-state index contributed by atoms with van der Waals surface area (Å²) in [6.45, 7) is 2.24. The molecule has 0 aliphatic carbocycles. The number of aryl methyl sites for hydroxylation is 1. The molecule has 0 bridgehead atoms. The summed E-state index contributed by atoms with van der Waals surface area (Å²) in [6, 6.07) is 9.57. The van der Waals surface area contributed by atoms with Crippen molar-refractivity contribution in [2.45, 2.75) is 45.1 Å². The summed E-state index contributed by atoms with van der Waals surface area (Å²) in [5.41, 5.74) is 2.69. The topological polar surface area (TPSA) is 0 Å². The highest BCUT2D eigenvalue weighted by Gasteiger charge is 2.04. The van der Waals surface area contributed by atoms with Gasteiger partial charge in [0.05, 0.1) is 0 Å². The maximum absolute atomic E-state index is 5.84. The van der Waals surface area contributed by atoms with Crippen LogP contribution in [0.5, 0.6) is 0 Å². The van der Waals surface area contributed by atoms with Gasteiger partial charge in [0.15, 0.2) is 0 Å². The first-order valence-electron chi connectivity index (χ1n) is 5.97. The normalized spacial score (nSPS) is 11.0. The Morgan fingerprint density at radius 3 is 2.12 bits per heavy atom. The van der Waals surface area contributed by atoms with Crippen LogP contribution in [0.3, 0.4) is 0 Å². The third-order valence-corrected chi connectivity index (χ3v) is 4.16. The maximum atomic E-state index is 5.84. The second-order valence-electron chi connectivity index (χ2n) is 4.14. The summed E-state index contributed by atoms with van der Waals surface area (Å²) >= 11 is 11.7. The lowest BCUT2D eigenvalue weighted by molar-refractivity contribution is 0.667. The fraction of sp³-hybridized carbons (Fsp3) is 0.538. The molecule has 3 heteroatoms. The minimum atomic E-state index is -1.18. The Bertz CT molecular complexity index is 282. The van der Waals surface area contributed by atoms with Gasteiger partial charge in [-0.05, 0) is 30.0 Å². The molecule has 1 rings (SSSR count). The van der Waals surface area contributed by atoms with Crippen molar-refractivity contribution < 1.29 is 0 Å². The quantitative estimate of drug-likeness (QED) is 0.378. The summed E-state index contributed by atoms with van der Waals surface area (Å²) in [7, 11) is -1.18. The molecule has 1 radical (unpaired) electrons. The van der Waals surface area contributed by atoms with Gasteiger partial charge in [-0.15, -0.1) is 22.2 Å². The zero-order valence-corrected chi connectivity index (χ0v) is 12.3. The van der Waals surface area contributed by atoms with Crippen LogP contribution in [0.4, 0.5) is 0 Å². The Labute approximate surface area is 110 Å². The molecule has 0 saturated carbocycles. The summed E-state index contributed by atoms with van der Waals surface area (Å²) in [6.07, 6.45) is 6.49. The first-order chi connectivity index (χ1) is 7.72. The molecule has 0 atom stereocenters. The molecule has 0 heterocycles. The molecule has 0 nitrogen and oxygen atoms in total. The zero-order chi connectivity index (χ0) is 11.8. The predicted octanol–water partition coefficient (Wildman–Crippen LogP) is 4.86. The van der Waals surface area contributed by atoms with E-state index < -0.39 is 7.42 Å². The summed E-state index contributed by atoms with van der Waals surface area (Å²) in [5.74, 6) is 0. The van der Waals surface area contributed by atoms with E-state index in [1.807, 2.05) is 0 Å². The molecule has 0 aromatic heterocycles. The van der Waals surface area contributed by atoms with E-state index >= 15 is 0 Å². The van der Waals surface area contributed by atoms with Crippen LogP contribution in [-0.4, -0.2) is 7.42 Å². The molecule has 0 aliphatic heterocycles. The van der Waals surface area contributed by atoms with Crippen LogP contribution in [0.25, 0.3) is 0 Å². The molecule has 1 aromatic rings. The molecule has 0 amide bonds. The van der Waals surface area contributed by atoms with Crippen LogP contribution in [0.15, 0.2) is 24.3 Å². The van der Waals surface area contributed by atoms with Gasteiger partial charge in [-0.1, -0.05) is 50.5 Å². The van der Waals surface area contributed by atoms with Crippen LogP contribution in [0.2, 0.25) is 0 Å². The lowest BCUT2D eigenvalue weighted by Crippen LogP contribution is -1.99. The van der Waals surface area contributed by atoms with Crippen molar-refractivity contribution in [3.8, 4) is 0 Å². The Morgan fingerprint density at radius 2 is 1.56 bits per heavy atom. The van der Waals surface area contributed by atoms with Gasteiger partial charge in [0.1, 0.15) is 0 Å². The zero-order valence-electron chi connectivity index (χ0n) is 9.81. The smallest absolute Gasteiger partial charge is 0.146 e. The number of benzene rings is 1. The SMILES string of the molecule is CCCCCCc1ccc(C[Si](Cl)Cl)cc1. The van der Waals surface area contributed by atoms with Crippen molar-refractivity contribution in [2.75, 3.05) is 0 Å². The van der Waals surface area contributed by atoms with Crippen LogP contribution in [0, 0.1) is 0 Å². The lowest BCUT2D eigenvalue weighted by atomic mass is 10.1. The van der Waals surface area contributed by atoms with Gasteiger partial charge in [-0.25, -0.2) is 0 Å². The van der Waals surface area contributed by atoms with E-state index in [0.717, 1.165) is 6.04 Å². The number of unbranched alkanes of at least 4 members (excludes halogenated alkanes) is 3. The van der Waals surface area contributed by atoms with E-state index in [-0.39, 0.29) is 0 Å². The average Bonchev–Trinajstić information content (AvgIpc) is 2.26. The molecule has 0 unspecified atom stereocenters. The molecular formula is C13H19Cl2Si. The monoisotopic (exact) mass is 273 g/mol. The minimum Gasteiger partial charge on any atom is -0.146 e. The van der Waals surface area contributed by atoms with Crippen LogP contribution in [-0.2, 0) is 12.5 Å². The number of rotatable bonds is 7. The molecule has 0 spiro atoms. The fourth-order valence-electron chi connectivity index (χ4n) is 1.73. The van der Waals surface area contributed by atoms with E-state index in [0.29, 0.717) is 0 Å². The summed E-state index contributed by atoms with van der Waals surface area (Å²) in [5, 5.41) is 0. The second-order valence-corrected chi connectivity index (χ2v) is 8.49. The van der Waals surface area contributed by atoms with Crippen molar-refractivity contribution in [1.82, 2.24) is 0 Å². The molecule has 89 valence electrons. The van der Waals surface area contributed by atoms with Gasteiger partial charge in [0.25, 0.3) is 7.42 Å². The highest BCUT2D eigenvalue weighted by molar-refractivity contribution is 7.33. The molecule has 0 N–H and O–H groups in total. The third kappa shape index (κ3) is 5.93.